The van der Waals surface area contributed by atoms with Crippen molar-refractivity contribution in [3.8, 4) is 17.1 Å². The van der Waals surface area contributed by atoms with Gasteiger partial charge in [-0.2, -0.15) is 0 Å². The third kappa shape index (κ3) is 3.79. The third-order valence-corrected chi connectivity index (χ3v) is 5.44. The Morgan fingerprint density at radius 1 is 1.32 bits per heavy atom. The predicted molar refractivity (Wildman–Crippen MR) is 101 cm³/mol. The molecule has 2 aromatic heterocycles. The second-order valence-corrected chi connectivity index (χ2v) is 7.16. The Bertz CT molecular complexity index is 1040. The summed E-state index contributed by atoms with van der Waals surface area (Å²) in [5.74, 6) is 1.54. The SMILES string of the molecule is COc1ccc(-c2cc(COC(=O)CC3CSc4nccc(=O)n43)no2)cc1. The van der Waals surface area contributed by atoms with Gasteiger partial charge in [-0.15, -0.1) is 0 Å². The van der Waals surface area contributed by atoms with Crippen LogP contribution in [-0.2, 0) is 16.1 Å². The lowest BCUT2D eigenvalue weighted by molar-refractivity contribution is -0.145. The second kappa shape index (κ2) is 7.89. The minimum atomic E-state index is -0.400. The van der Waals surface area contributed by atoms with Crippen molar-refractivity contribution >= 4 is 17.7 Å². The lowest BCUT2D eigenvalue weighted by atomic mass is 10.1. The summed E-state index contributed by atoms with van der Waals surface area (Å²) < 4.78 is 17.3. The number of benzene rings is 1. The number of thioether (sulfide) groups is 1. The van der Waals surface area contributed by atoms with Crippen LogP contribution in [0.25, 0.3) is 11.3 Å². The van der Waals surface area contributed by atoms with Gasteiger partial charge in [-0.3, -0.25) is 14.2 Å². The highest BCUT2D eigenvalue weighted by Crippen LogP contribution is 2.31. The highest BCUT2D eigenvalue weighted by atomic mass is 32.2. The summed E-state index contributed by atoms with van der Waals surface area (Å²) in [4.78, 5) is 28.3. The molecule has 1 unspecified atom stereocenters. The van der Waals surface area contributed by atoms with Crippen molar-refractivity contribution < 1.29 is 18.8 Å². The summed E-state index contributed by atoms with van der Waals surface area (Å²) >= 11 is 1.46. The fourth-order valence-corrected chi connectivity index (χ4v) is 4.04. The first-order valence-electron chi connectivity index (χ1n) is 8.60. The number of hydrogen-bond donors (Lipinski definition) is 0. The zero-order chi connectivity index (χ0) is 19.5. The molecule has 0 saturated heterocycles. The molecule has 28 heavy (non-hydrogen) atoms. The Morgan fingerprint density at radius 3 is 2.93 bits per heavy atom. The van der Waals surface area contributed by atoms with Crippen LogP contribution in [0.3, 0.4) is 0 Å². The Balaban J connectivity index is 1.35. The Hall–Kier alpha value is -3.07. The number of rotatable bonds is 6. The summed E-state index contributed by atoms with van der Waals surface area (Å²) in [6, 6.07) is 10.2. The fraction of sp³-hybridized carbons (Fsp3) is 0.263. The molecule has 0 radical (unpaired) electrons. The first kappa shape index (κ1) is 18.3. The number of aromatic nitrogens is 3. The third-order valence-electron chi connectivity index (χ3n) is 4.33. The van der Waals surface area contributed by atoms with Crippen molar-refractivity contribution in [2.24, 2.45) is 0 Å². The lowest BCUT2D eigenvalue weighted by Crippen LogP contribution is -2.25. The van der Waals surface area contributed by atoms with Crippen molar-refractivity contribution in [3.05, 3.63) is 58.6 Å². The van der Waals surface area contributed by atoms with E-state index in [0.29, 0.717) is 22.4 Å². The topological polar surface area (TPSA) is 96.5 Å². The molecule has 0 bridgehead atoms. The van der Waals surface area contributed by atoms with Crippen LogP contribution in [0, 0.1) is 0 Å². The van der Waals surface area contributed by atoms with Crippen LogP contribution in [-0.4, -0.2) is 33.5 Å². The second-order valence-electron chi connectivity index (χ2n) is 6.18. The maximum Gasteiger partial charge on any atom is 0.308 e. The molecule has 1 aromatic carbocycles. The van der Waals surface area contributed by atoms with E-state index in [-0.39, 0.29) is 24.6 Å². The minimum absolute atomic E-state index is 0.00709. The van der Waals surface area contributed by atoms with E-state index in [2.05, 4.69) is 10.1 Å². The summed E-state index contributed by atoms with van der Waals surface area (Å²) in [6.07, 6.45) is 1.58. The first-order valence-corrected chi connectivity index (χ1v) is 9.58. The maximum atomic E-state index is 12.2. The van der Waals surface area contributed by atoms with Gasteiger partial charge in [0.2, 0.25) is 0 Å². The quantitative estimate of drug-likeness (QED) is 0.461. The number of fused-ring (bicyclic) bond motifs is 1. The standard InChI is InChI=1S/C19H17N3O5S/c1-25-15-4-2-12(3-5-15)16-8-13(21-27-16)10-26-18(24)9-14-11-28-19-20-7-6-17(23)22(14)19/h2-8,14H,9-11H2,1H3. The Kier molecular flexibility index (Phi) is 5.16. The van der Waals surface area contributed by atoms with Crippen molar-refractivity contribution in [2.75, 3.05) is 12.9 Å². The van der Waals surface area contributed by atoms with E-state index in [4.69, 9.17) is 14.0 Å². The van der Waals surface area contributed by atoms with E-state index >= 15 is 0 Å². The molecule has 0 spiro atoms. The van der Waals surface area contributed by atoms with E-state index < -0.39 is 5.97 Å². The number of carbonyl (C=O) groups is 1. The maximum absolute atomic E-state index is 12.2. The molecule has 9 heteroatoms. The molecule has 1 aliphatic heterocycles. The molecule has 0 aliphatic carbocycles. The van der Waals surface area contributed by atoms with Crippen molar-refractivity contribution in [1.29, 1.82) is 0 Å². The van der Waals surface area contributed by atoms with Gasteiger partial charge in [0.05, 0.1) is 19.6 Å². The monoisotopic (exact) mass is 399 g/mol. The van der Waals surface area contributed by atoms with E-state index in [1.54, 1.807) is 17.7 Å². The average molecular weight is 399 g/mol. The highest BCUT2D eigenvalue weighted by Gasteiger charge is 2.27. The smallest absolute Gasteiger partial charge is 0.308 e. The number of esters is 1. The summed E-state index contributed by atoms with van der Waals surface area (Å²) in [5, 5.41) is 4.57. The fourth-order valence-electron chi connectivity index (χ4n) is 2.92. The van der Waals surface area contributed by atoms with Gasteiger partial charge in [0.1, 0.15) is 18.1 Å². The van der Waals surface area contributed by atoms with Crippen LogP contribution in [0.5, 0.6) is 5.75 Å². The molecule has 8 nitrogen and oxygen atoms in total. The zero-order valence-corrected chi connectivity index (χ0v) is 15.8. The van der Waals surface area contributed by atoms with Gasteiger partial charge in [0.25, 0.3) is 5.56 Å². The van der Waals surface area contributed by atoms with Crippen LogP contribution in [0.15, 0.2) is 57.1 Å². The number of nitrogens with zero attached hydrogens (tertiary/aromatic N) is 3. The van der Waals surface area contributed by atoms with E-state index in [1.165, 1.54) is 24.0 Å². The minimum Gasteiger partial charge on any atom is -0.497 e. The molecule has 0 amide bonds. The molecule has 4 rings (SSSR count). The molecular formula is C19H17N3O5S. The summed E-state index contributed by atoms with van der Waals surface area (Å²) in [5.41, 5.74) is 1.20. The Labute approximate surface area is 164 Å². The summed E-state index contributed by atoms with van der Waals surface area (Å²) in [7, 11) is 1.60. The van der Waals surface area contributed by atoms with Gasteiger partial charge in [-0.05, 0) is 24.3 Å². The van der Waals surface area contributed by atoms with Crippen LogP contribution in [0.2, 0.25) is 0 Å². The van der Waals surface area contributed by atoms with E-state index in [1.807, 2.05) is 24.3 Å². The summed E-state index contributed by atoms with van der Waals surface area (Å²) in [6.45, 7) is 0.00709. The van der Waals surface area contributed by atoms with E-state index in [9.17, 15) is 9.59 Å². The molecule has 1 aliphatic rings. The first-order chi connectivity index (χ1) is 13.6. The highest BCUT2D eigenvalue weighted by molar-refractivity contribution is 7.99. The zero-order valence-electron chi connectivity index (χ0n) is 15.0. The van der Waals surface area contributed by atoms with Crippen LogP contribution < -0.4 is 10.3 Å². The van der Waals surface area contributed by atoms with Gasteiger partial charge in [0, 0.05) is 29.6 Å². The molecular weight excluding hydrogens is 382 g/mol. The van der Waals surface area contributed by atoms with Crippen molar-refractivity contribution in [2.45, 2.75) is 24.2 Å². The van der Waals surface area contributed by atoms with Gasteiger partial charge >= 0.3 is 5.97 Å². The largest absolute Gasteiger partial charge is 0.497 e. The average Bonchev–Trinajstić information content (AvgIpc) is 3.35. The molecule has 3 heterocycles. The number of methoxy groups -OCH3 is 1. The van der Waals surface area contributed by atoms with Crippen molar-refractivity contribution in [3.63, 3.8) is 0 Å². The van der Waals surface area contributed by atoms with Gasteiger partial charge in [-0.25, -0.2) is 4.98 Å². The molecule has 0 N–H and O–H groups in total. The molecule has 3 aromatic rings. The van der Waals surface area contributed by atoms with Crippen LogP contribution in [0.4, 0.5) is 0 Å². The number of hydrogen-bond acceptors (Lipinski definition) is 8. The Morgan fingerprint density at radius 2 is 2.14 bits per heavy atom. The number of ether oxygens (including phenoxy) is 2. The van der Waals surface area contributed by atoms with Gasteiger partial charge in [-0.1, -0.05) is 16.9 Å². The van der Waals surface area contributed by atoms with Crippen LogP contribution >= 0.6 is 11.8 Å². The van der Waals surface area contributed by atoms with Gasteiger partial charge < -0.3 is 14.0 Å². The normalized spacial score (nSPS) is 15.2. The van der Waals surface area contributed by atoms with E-state index in [0.717, 1.165) is 11.3 Å². The molecule has 0 fully saturated rings. The van der Waals surface area contributed by atoms with Crippen molar-refractivity contribution in [1.82, 2.24) is 14.7 Å². The molecule has 144 valence electrons. The predicted octanol–water partition coefficient (Wildman–Crippen LogP) is 2.69. The van der Waals surface area contributed by atoms with Gasteiger partial charge in [0.15, 0.2) is 10.9 Å². The molecule has 0 saturated carbocycles. The molecule has 1 atom stereocenters. The number of carbonyl (C=O) groups excluding carboxylic acids is 1. The van der Waals surface area contributed by atoms with Crippen LogP contribution in [0.1, 0.15) is 18.2 Å². The lowest BCUT2D eigenvalue weighted by Gasteiger charge is -2.11.